The standard InChI is InChI=1S/C21H29N3O2.ClH/c1-3-26-21(25)24(23-13-7-8-14-23)20-11-15-22(16-12-20)17-18(2)19-9-5-4-6-10-19;/h4-10,13-14,18,20H,3,11-12,15-17H2,1-2H3;1H. The molecule has 1 aromatic heterocycles. The Kier molecular flexibility index (Phi) is 8.20. The van der Waals surface area contributed by atoms with Gasteiger partial charge in [-0.2, -0.15) is 0 Å². The lowest BCUT2D eigenvalue weighted by Gasteiger charge is -2.38. The van der Waals surface area contributed by atoms with Crippen LogP contribution >= 0.6 is 12.4 Å². The summed E-state index contributed by atoms with van der Waals surface area (Å²) in [4.78, 5) is 15.0. The van der Waals surface area contributed by atoms with Crippen molar-refractivity contribution >= 4 is 18.5 Å². The number of rotatable bonds is 6. The lowest BCUT2D eigenvalue weighted by atomic mass is 9.98. The minimum absolute atomic E-state index is 0. The number of hydrogen-bond donors (Lipinski definition) is 0. The highest BCUT2D eigenvalue weighted by atomic mass is 35.5. The molecule has 1 atom stereocenters. The van der Waals surface area contributed by atoms with Gasteiger partial charge >= 0.3 is 6.09 Å². The first kappa shape index (κ1) is 21.3. The number of carbonyl (C=O) groups is 1. The van der Waals surface area contributed by atoms with E-state index in [9.17, 15) is 4.79 Å². The van der Waals surface area contributed by atoms with Crippen LogP contribution in [0.2, 0.25) is 0 Å². The molecular weight excluding hydrogens is 362 g/mol. The summed E-state index contributed by atoms with van der Waals surface area (Å²) >= 11 is 0. The molecule has 2 aromatic rings. The number of benzene rings is 1. The Morgan fingerprint density at radius 2 is 1.78 bits per heavy atom. The topological polar surface area (TPSA) is 37.7 Å². The molecule has 2 heterocycles. The van der Waals surface area contributed by atoms with Crippen molar-refractivity contribution in [1.82, 2.24) is 9.58 Å². The van der Waals surface area contributed by atoms with Crippen molar-refractivity contribution in [3.63, 3.8) is 0 Å². The van der Waals surface area contributed by atoms with E-state index in [1.165, 1.54) is 5.56 Å². The second-order valence-corrected chi connectivity index (χ2v) is 6.95. The van der Waals surface area contributed by atoms with Crippen LogP contribution in [0.15, 0.2) is 54.9 Å². The van der Waals surface area contributed by atoms with Crippen LogP contribution in [0.25, 0.3) is 0 Å². The molecule has 1 saturated heterocycles. The van der Waals surface area contributed by atoms with E-state index in [1.807, 2.05) is 36.1 Å². The number of hydrogen-bond acceptors (Lipinski definition) is 3. The quantitative estimate of drug-likeness (QED) is 0.737. The summed E-state index contributed by atoms with van der Waals surface area (Å²) in [7, 11) is 0. The molecule has 0 radical (unpaired) electrons. The van der Waals surface area contributed by atoms with Crippen LogP contribution in [-0.4, -0.2) is 48.0 Å². The molecule has 1 unspecified atom stereocenters. The Morgan fingerprint density at radius 1 is 1.15 bits per heavy atom. The van der Waals surface area contributed by atoms with Crippen LogP contribution in [0.5, 0.6) is 0 Å². The Balaban J connectivity index is 0.00000261. The summed E-state index contributed by atoms with van der Waals surface area (Å²) in [6.45, 7) is 7.58. The van der Waals surface area contributed by atoms with Crippen LogP contribution < -0.4 is 5.01 Å². The van der Waals surface area contributed by atoms with E-state index < -0.39 is 0 Å². The van der Waals surface area contributed by atoms with Crippen molar-refractivity contribution in [3.05, 3.63) is 60.4 Å². The van der Waals surface area contributed by atoms with Gasteiger partial charge in [0.1, 0.15) is 0 Å². The van der Waals surface area contributed by atoms with Gasteiger partial charge in [0, 0.05) is 32.0 Å². The van der Waals surface area contributed by atoms with Gasteiger partial charge < -0.3 is 9.64 Å². The molecule has 5 nitrogen and oxygen atoms in total. The van der Waals surface area contributed by atoms with Crippen molar-refractivity contribution in [2.24, 2.45) is 0 Å². The van der Waals surface area contributed by atoms with E-state index in [2.05, 4.69) is 42.2 Å². The monoisotopic (exact) mass is 391 g/mol. The minimum atomic E-state index is -0.264. The van der Waals surface area contributed by atoms with Crippen LogP contribution in [-0.2, 0) is 4.74 Å². The van der Waals surface area contributed by atoms with Crippen molar-refractivity contribution in [3.8, 4) is 0 Å². The molecule has 0 aliphatic carbocycles. The molecule has 1 fully saturated rings. The molecule has 1 aliphatic heterocycles. The first-order chi connectivity index (χ1) is 12.7. The van der Waals surface area contributed by atoms with E-state index in [0.717, 1.165) is 32.5 Å². The minimum Gasteiger partial charge on any atom is -0.448 e. The first-order valence-electron chi connectivity index (χ1n) is 9.55. The number of aromatic nitrogens is 1. The molecule has 0 spiro atoms. The van der Waals surface area contributed by atoms with Crippen molar-refractivity contribution in [1.29, 1.82) is 0 Å². The molecule has 6 heteroatoms. The second kappa shape index (κ2) is 10.4. The lowest BCUT2D eigenvalue weighted by molar-refractivity contribution is 0.137. The van der Waals surface area contributed by atoms with Crippen molar-refractivity contribution < 1.29 is 9.53 Å². The van der Waals surface area contributed by atoms with Gasteiger partial charge in [-0.25, -0.2) is 9.80 Å². The van der Waals surface area contributed by atoms with Gasteiger partial charge in [-0.15, -0.1) is 12.4 Å². The van der Waals surface area contributed by atoms with Crippen molar-refractivity contribution in [2.45, 2.75) is 38.6 Å². The Bertz CT molecular complexity index is 670. The number of carbonyl (C=O) groups excluding carboxylic acids is 1. The van der Waals surface area contributed by atoms with Crippen LogP contribution in [0, 0.1) is 0 Å². The third-order valence-electron chi connectivity index (χ3n) is 5.10. The number of amides is 1. The second-order valence-electron chi connectivity index (χ2n) is 6.95. The summed E-state index contributed by atoms with van der Waals surface area (Å²) in [5.41, 5.74) is 1.38. The van der Waals surface area contributed by atoms with E-state index >= 15 is 0 Å². The van der Waals surface area contributed by atoms with Gasteiger partial charge in [-0.05, 0) is 43.4 Å². The van der Waals surface area contributed by atoms with E-state index in [0.29, 0.717) is 12.5 Å². The summed E-state index contributed by atoms with van der Waals surface area (Å²) in [6, 6.07) is 14.7. The van der Waals surface area contributed by atoms with Crippen LogP contribution in [0.3, 0.4) is 0 Å². The maximum Gasteiger partial charge on any atom is 0.429 e. The third-order valence-corrected chi connectivity index (χ3v) is 5.10. The summed E-state index contributed by atoms with van der Waals surface area (Å²) in [5, 5.41) is 1.77. The average Bonchev–Trinajstić information content (AvgIpc) is 3.18. The zero-order chi connectivity index (χ0) is 18.4. The normalized spacial score (nSPS) is 16.4. The highest BCUT2D eigenvalue weighted by Gasteiger charge is 2.30. The van der Waals surface area contributed by atoms with Gasteiger partial charge in [0.05, 0.1) is 12.6 Å². The molecule has 1 aliphatic rings. The van der Waals surface area contributed by atoms with Gasteiger partial charge in [0.15, 0.2) is 0 Å². The Morgan fingerprint density at radius 3 is 2.37 bits per heavy atom. The number of piperidine rings is 1. The number of nitrogens with zero attached hydrogens (tertiary/aromatic N) is 3. The fourth-order valence-electron chi connectivity index (χ4n) is 3.71. The smallest absolute Gasteiger partial charge is 0.429 e. The SMILES string of the molecule is CCOC(=O)N(C1CCN(CC(C)c2ccccc2)CC1)n1cccc1.Cl. The maximum absolute atomic E-state index is 12.5. The molecule has 1 aromatic carbocycles. The molecule has 0 saturated carbocycles. The first-order valence-corrected chi connectivity index (χ1v) is 9.55. The third kappa shape index (κ3) is 5.50. The van der Waals surface area contributed by atoms with Crippen molar-refractivity contribution in [2.75, 3.05) is 31.3 Å². The molecule has 1 amide bonds. The summed E-state index contributed by atoms with van der Waals surface area (Å²) in [6.07, 6.45) is 5.46. The summed E-state index contributed by atoms with van der Waals surface area (Å²) < 4.78 is 7.13. The van der Waals surface area contributed by atoms with E-state index in [4.69, 9.17) is 4.74 Å². The maximum atomic E-state index is 12.5. The van der Waals surface area contributed by atoms with E-state index in [1.54, 1.807) is 5.01 Å². The predicted molar refractivity (Wildman–Crippen MR) is 111 cm³/mol. The number of halogens is 1. The molecule has 3 rings (SSSR count). The van der Waals surface area contributed by atoms with Gasteiger partial charge in [0.25, 0.3) is 0 Å². The van der Waals surface area contributed by atoms with Crippen LogP contribution in [0.1, 0.15) is 38.2 Å². The zero-order valence-corrected chi connectivity index (χ0v) is 17.0. The number of ether oxygens (including phenoxy) is 1. The molecule has 0 N–H and O–H groups in total. The fourth-order valence-corrected chi connectivity index (χ4v) is 3.71. The zero-order valence-electron chi connectivity index (χ0n) is 16.2. The number of likely N-dealkylation sites (tertiary alicyclic amines) is 1. The summed E-state index contributed by atoms with van der Waals surface area (Å²) in [5.74, 6) is 0.512. The largest absolute Gasteiger partial charge is 0.448 e. The molecule has 27 heavy (non-hydrogen) atoms. The molecule has 0 bridgehead atoms. The molecular formula is C21H30ClN3O2. The average molecular weight is 392 g/mol. The Labute approximate surface area is 168 Å². The highest BCUT2D eigenvalue weighted by molar-refractivity contribution is 5.85. The molecule has 148 valence electrons. The van der Waals surface area contributed by atoms with E-state index in [-0.39, 0.29) is 24.5 Å². The highest BCUT2D eigenvalue weighted by Crippen LogP contribution is 2.21. The van der Waals surface area contributed by atoms with Gasteiger partial charge in [-0.1, -0.05) is 37.3 Å². The van der Waals surface area contributed by atoms with Crippen LogP contribution in [0.4, 0.5) is 4.79 Å². The lowest BCUT2D eigenvalue weighted by Crippen LogP contribution is -2.52. The Hall–Kier alpha value is -1.98. The van der Waals surface area contributed by atoms with Gasteiger partial charge in [0.2, 0.25) is 0 Å². The predicted octanol–water partition coefficient (Wildman–Crippen LogP) is 4.27. The fraction of sp³-hybridized carbons (Fsp3) is 0.476. The van der Waals surface area contributed by atoms with Gasteiger partial charge in [-0.3, -0.25) is 4.68 Å².